The molecule has 1 unspecified atom stereocenters. The second-order valence-electron chi connectivity index (χ2n) is 5.62. The molecule has 2 heterocycles. The Morgan fingerprint density at radius 1 is 1.42 bits per heavy atom. The lowest BCUT2D eigenvalue weighted by Crippen LogP contribution is -2.45. The number of urea groups is 1. The molecule has 8 heteroatoms. The van der Waals surface area contributed by atoms with Crippen LogP contribution in [0, 0.1) is 0 Å². The summed E-state index contributed by atoms with van der Waals surface area (Å²) in [7, 11) is 1.75. The predicted octanol–water partition coefficient (Wildman–Crippen LogP) is 1.15. The zero-order valence-electron chi connectivity index (χ0n) is 13.6. The highest BCUT2D eigenvalue weighted by Gasteiger charge is 2.23. The van der Waals surface area contributed by atoms with Gasteiger partial charge in [0.1, 0.15) is 19.3 Å². The maximum absolute atomic E-state index is 12.1. The molecule has 1 N–H and O–H groups in total. The summed E-state index contributed by atoms with van der Waals surface area (Å²) in [6.07, 6.45) is 3.77. The Morgan fingerprint density at radius 3 is 3.04 bits per heavy atom. The van der Waals surface area contributed by atoms with Gasteiger partial charge in [0.2, 0.25) is 0 Å². The lowest BCUT2D eigenvalue weighted by Gasteiger charge is -2.29. The Bertz CT molecular complexity index is 661. The van der Waals surface area contributed by atoms with E-state index in [9.17, 15) is 4.79 Å². The molecule has 0 radical (unpaired) electrons. The molecule has 24 heavy (non-hydrogen) atoms. The zero-order valence-corrected chi connectivity index (χ0v) is 13.6. The third-order valence-corrected chi connectivity index (χ3v) is 3.70. The van der Waals surface area contributed by atoms with Crippen LogP contribution in [0.1, 0.15) is 6.42 Å². The van der Waals surface area contributed by atoms with E-state index in [-0.39, 0.29) is 12.1 Å². The van der Waals surface area contributed by atoms with E-state index in [0.717, 1.165) is 24.5 Å². The van der Waals surface area contributed by atoms with Crippen molar-refractivity contribution in [2.24, 2.45) is 0 Å². The number of carbonyl (C=O) groups is 1. The van der Waals surface area contributed by atoms with Crippen LogP contribution in [-0.4, -0.2) is 58.5 Å². The third kappa shape index (κ3) is 4.15. The highest BCUT2D eigenvalue weighted by Crippen LogP contribution is 2.30. The molecule has 0 fully saturated rings. The van der Waals surface area contributed by atoms with Gasteiger partial charge in [0.15, 0.2) is 17.6 Å². The van der Waals surface area contributed by atoms with E-state index < -0.39 is 0 Å². The minimum Gasteiger partial charge on any atom is -0.486 e. The van der Waals surface area contributed by atoms with Crippen molar-refractivity contribution in [3.63, 3.8) is 0 Å². The zero-order chi connectivity index (χ0) is 16.8. The fraction of sp³-hybridized carbons (Fsp3) is 0.438. The van der Waals surface area contributed by atoms with E-state index in [2.05, 4.69) is 15.4 Å². The number of hydrogen-bond donors (Lipinski definition) is 1. The standard InChI is InChI=1S/C16H21N5O3/c1-20(16(22)18-7-4-8-21-12-17-11-19-21)9-13-10-23-14-5-2-3-6-15(14)24-13/h2-3,5-6,11-13H,4,7-10H2,1H3,(H,18,22). The van der Waals surface area contributed by atoms with Crippen molar-refractivity contribution in [2.75, 3.05) is 26.7 Å². The number of benzene rings is 1. The summed E-state index contributed by atoms with van der Waals surface area (Å²) in [6, 6.07) is 7.41. The Kier molecular flexibility index (Phi) is 5.15. The fourth-order valence-corrected chi connectivity index (χ4v) is 2.46. The van der Waals surface area contributed by atoms with Gasteiger partial charge in [-0.25, -0.2) is 9.78 Å². The Morgan fingerprint density at radius 2 is 2.25 bits per heavy atom. The van der Waals surface area contributed by atoms with Crippen LogP contribution in [0.15, 0.2) is 36.9 Å². The van der Waals surface area contributed by atoms with Gasteiger partial charge in [0.05, 0.1) is 6.54 Å². The van der Waals surface area contributed by atoms with Crippen LogP contribution < -0.4 is 14.8 Å². The molecule has 2 aromatic rings. The number of hydrogen-bond acceptors (Lipinski definition) is 5. The third-order valence-electron chi connectivity index (χ3n) is 3.70. The number of aromatic nitrogens is 3. The summed E-state index contributed by atoms with van der Waals surface area (Å²) in [6.45, 7) is 2.19. The molecule has 8 nitrogen and oxygen atoms in total. The molecule has 0 bridgehead atoms. The molecule has 3 rings (SSSR count). The van der Waals surface area contributed by atoms with Gasteiger partial charge in [-0.1, -0.05) is 12.1 Å². The number of aryl methyl sites for hydroxylation is 1. The number of para-hydroxylation sites is 2. The molecule has 1 aromatic carbocycles. The minimum atomic E-state index is -0.175. The largest absolute Gasteiger partial charge is 0.486 e. The molecule has 0 spiro atoms. The van der Waals surface area contributed by atoms with Crippen molar-refractivity contribution in [2.45, 2.75) is 19.1 Å². The molecular formula is C16H21N5O3. The van der Waals surface area contributed by atoms with E-state index in [4.69, 9.17) is 9.47 Å². The van der Waals surface area contributed by atoms with Gasteiger partial charge in [0, 0.05) is 20.1 Å². The van der Waals surface area contributed by atoms with Gasteiger partial charge in [-0.05, 0) is 18.6 Å². The summed E-state index contributed by atoms with van der Waals surface area (Å²) >= 11 is 0. The highest BCUT2D eigenvalue weighted by molar-refractivity contribution is 5.73. The lowest BCUT2D eigenvalue weighted by atomic mass is 10.2. The monoisotopic (exact) mass is 331 g/mol. The lowest BCUT2D eigenvalue weighted by molar-refractivity contribution is 0.0716. The highest BCUT2D eigenvalue weighted by atomic mass is 16.6. The molecule has 1 atom stereocenters. The first-order chi connectivity index (χ1) is 11.7. The first-order valence-corrected chi connectivity index (χ1v) is 7.92. The minimum absolute atomic E-state index is 0.129. The second kappa shape index (κ2) is 7.67. The van der Waals surface area contributed by atoms with Gasteiger partial charge in [0.25, 0.3) is 0 Å². The van der Waals surface area contributed by atoms with Crippen LogP contribution in [-0.2, 0) is 6.54 Å². The molecule has 1 aliphatic rings. The van der Waals surface area contributed by atoms with Crippen LogP contribution in [0.3, 0.4) is 0 Å². The quantitative estimate of drug-likeness (QED) is 0.803. The number of rotatable bonds is 6. The van der Waals surface area contributed by atoms with E-state index in [0.29, 0.717) is 19.7 Å². The SMILES string of the molecule is CN(CC1COc2ccccc2O1)C(=O)NCCCn1cncn1. The molecule has 2 amide bonds. The summed E-state index contributed by atoms with van der Waals surface area (Å²) in [5.74, 6) is 1.46. The molecule has 128 valence electrons. The van der Waals surface area contributed by atoms with Gasteiger partial charge in [-0.15, -0.1) is 0 Å². The van der Waals surface area contributed by atoms with Crippen molar-refractivity contribution in [1.29, 1.82) is 0 Å². The molecule has 0 saturated carbocycles. The number of likely N-dealkylation sites (N-methyl/N-ethyl adjacent to an activating group) is 1. The number of nitrogens with zero attached hydrogens (tertiary/aromatic N) is 4. The summed E-state index contributed by atoms with van der Waals surface area (Å²) in [5.41, 5.74) is 0. The average molecular weight is 331 g/mol. The fourth-order valence-electron chi connectivity index (χ4n) is 2.46. The van der Waals surface area contributed by atoms with Gasteiger partial charge in [-0.3, -0.25) is 4.68 Å². The van der Waals surface area contributed by atoms with Gasteiger partial charge < -0.3 is 19.7 Å². The van der Waals surface area contributed by atoms with Crippen LogP contribution >= 0.6 is 0 Å². The maximum Gasteiger partial charge on any atom is 0.317 e. The molecule has 0 saturated heterocycles. The number of amides is 2. The molecule has 0 aliphatic carbocycles. The van der Waals surface area contributed by atoms with Crippen LogP contribution in [0.4, 0.5) is 4.79 Å². The Balaban J connectivity index is 1.38. The van der Waals surface area contributed by atoms with E-state index in [1.807, 2.05) is 24.3 Å². The number of fused-ring (bicyclic) bond motifs is 1. The van der Waals surface area contributed by atoms with E-state index >= 15 is 0 Å². The Labute approximate surface area is 140 Å². The number of carbonyl (C=O) groups excluding carboxylic acids is 1. The van der Waals surface area contributed by atoms with E-state index in [1.54, 1.807) is 23.0 Å². The second-order valence-corrected chi connectivity index (χ2v) is 5.62. The van der Waals surface area contributed by atoms with Gasteiger partial charge in [-0.2, -0.15) is 5.10 Å². The van der Waals surface area contributed by atoms with Crippen molar-refractivity contribution in [1.82, 2.24) is 25.0 Å². The number of nitrogens with one attached hydrogen (secondary N) is 1. The number of ether oxygens (including phenoxy) is 2. The first-order valence-electron chi connectivity index (χ1n) is 7.92. The topological polar surface area (TPSA) is 81.5 Å². The molecule has 1 aliphatic heterocycles. The van der Waals surface area contributed by atoms with Crippen LogP contribution in [0.25, 0.3) is 0 Å². The summed E-state index contributed by atoms with van der Waals surface area (Å²) < 4.78 is 13.3. The van der Waals surface area contributed by atoms with E-state index in [1.165, 1.54) is 6.33 Å². The normalized spacial score (nSPS) is 15.8. The van der Waals surface area contributed by atoms with Crippen molar-refractivity contribution in [3.05, 3.63) is 36.9 Å². The molecular weight excluding hydrogens is 310 g/mol. The molecule has 1 aromatic heterocycles. The average Bonchev–Trinajstić information content (AvgIpc) is 3.12. The maximum atomic E-state index is 12.1. The first kappa shape index (κ1) is 16.1. The van der Waals surface area contributed by atoms with Crippen molar-refractivity contribution in [3.8, 4) is 11.5 Å². The summed E-state index contributed by atoms with van der Waals surface area (Å²) in [4.78, 5) is 17.6. The van der Waals surface area contributed by atoms with Crippen LogP contribution in [0.2, 0.25) is 0 Å². The summed E-state index contributed by atoms with van der Waals surface area (Å²) in [5, 5.41) is 6.90. The van der Waals surface area contributed by atoms with Crippen molar-refractivity contribution >= 4 is 6.03 Å². The van der Waals surface area contributed by atoms with Gasteiger partial charge >= 0.3 is 6.03 Å². The predicted molar refractivity (Wildman–Crippen MR) is 87.0 cm³/mol. The van der Waals surface area contributed by atoms with Crippen LogP contribution in [0.5, 0.6) is 11.5 Å². The Hall–Kier alpha value is -2.77. The smallest absolute Gasteiger partial charge is 0.317 e. The van der Waals surface area contributed by atoms with Crippen molar-refractivity contribution < 1.29 is 14.3 Å².